The van der Waals surface area contributed by atoms with Crippen LogP contribution in [0.4, 0.5) is 13.2 Å². The van der Waals surface area contributed by atoms with Gasteiger partial charge in [-0.1, -0.05) is 65.1 Å². The zero-order valence-electron chi connectivity index (χ0n) is 15.1. The molecule has 0 bridgehead atoms. The third-order valence-corrected chi connectivity index (χ3v) is 5.51. The summed E-state index contributed by atoms with van der Waals surface area (Å²) in [5, 5.41) is 0.715. The molecule has 0 saturated carbocycles. The van der Waals surface area contributed by atoms with Gasteiger partial charge in [-0.3, -0.25) is 4.98 Å². The van der Waals surface area contributed by atoms with Crippen LogP contribution in [-0.2, 0) is 10.9 Å². The van der Waals surface area contributed by atoms with Crippen molar-refractivity contribution >= 4 is 40.7 Å². The molecule has 0 spiro atoms. The molecule has 0 radical (unpaired) electrons. The number of pyridine rings is 1. The Morgan fingerprint density at radius 1 is 0.900 bits per heavy atom. The van der Waals surface area contributed by atoms with Crippen LogP contribution in [-0.4, -0.2) is 17.5 Å². The summed E-state index contributed by atoms with van der Waals surface area (Å²) in [6, 6.07) is 10.3. The van der Waals surface area contributed by atoms with Crippen LogP contribution in [0.3, 0.4) is 0 Å². The summed E-state index contributed by atoms with van der Waals surface area (Å²) in [6.45, 7) is 0.310. The highest BCUT2D eigenvalue weighted by Gasteiger charge is 2.31. The molecule has 154 valence electrons. The predicted molar refractivity (Wildman–Crippen MR) is 111 cm³/mol. The number of alkyl halides is 3. The van der Waals surface area contributed by atoms with Crippen molar-refractivity contribution in [2.75, 3.05) is 6.61 Å². The summed E-state index contributed by atoms with van der Waals surface area (Å²) in [6.07, 6.45) is -1.51. The second-order valence-corrected chi connectivity index (χ2v) is 7.78. The molecule has 2 heterocycles. The molecule has 2 aromatic carbocycles. The number of hydrogen-bond acceptors (Lipinski definition) is 3. The molecule has 0 amide bonds. The Labute approximate surface area is 185 Å². The first-order chi connectivity index (χ1) is 14.2. The summed E-state index contributed by atoms with van der Waals surface area (Å²) in [5.74, 6) is 0.340. The van der Waals surface area contributed by atoms with Gasteiger partial charge in [-0.15, -0.1) is 0 Å². The maximum Gasteiger partial charge on any atom is 0.416 e. The van der Waals surface area contributed by atoms with E-state index in [0.29, 0.717) is 39.2 Å². The van der Waals surface area contributed by atoms with Crippen molar-refractivity contribution in [2.45, 2.75) is 12.2 Å². The summed E-state index contributed by atoms with van der Waals surface area (Å²) >= 11 is 18.4. The molecule has 0 fully saturated rings. The summed E-state index contributed by atoms with van der Waals surface area (Å²) in [7, 11) is 0. The van der Waals surface area contributed by atoms with Gasteiger partial charge < -0.3 is 4.74 Å². The Kier molecular flexibility index (Phi) is 5.66. The highest BCUT2D eigenvalue weighted by Crippen LogP contribution is 2.36. The van der Waals surface area contributed by atoms with E-state index in [2.05, 4.69) is 9.98 Å². The van der Waals surface area contributed by atoms with Crippen molar-refractivity contribution in [3.8, 4) is 11.1 Å². The van der Waals surface area contributed by atoms with Gasteiger partial charge in [0.1, 0.15) is 12.6 Å². The second-order valence-electron chi connectivity index (χ2n) is 6.55. The largest absolute Gasteiger partial charge is 0.475 e. The first-order valence-corrected chi connectivity index (χ1v) is 9.84. The minimum Gasteiger partial charge on any atom is -0.475 e. The van der Waals surface area contributed by atoms with Gasteiger partial charge in [0.05, 0.1) is 21.2 Å². The number of halogens is 6. The maximum atomic E-state index is 12.8. The normalized spacial score (nSPS) is 16.3. The minimum absolute atomic E-state index is 0.0315. The number of aromatic nitrogens is 1. The number of hydrogen-bond donors (Lipinski definition) is 0. The third-order valence-electron chi connectivity index (χ3n) is 4.62. The van der Waals surface area contributed by atoms with Crippen LogP contribution in [0.25, 0.3) is 11.1 Å². The van der Waals surface area contributed by atoms with Crippen molar-refractivity contribution in [1.29, 1.82) is 0 Å². The molecule has 0 N–H and O–H groups in total. The smallest absolute Gasteiger partial charge is 0.416 e. The van der Waals surface area contributed by atoms with Crippen molar-refractivity contribution < 1.29 is 17.9 Å². The summed E-state index contributed by atoms with van der Waals surface area (Å²) in [4.78, 5) is 8.47. The van der Waals surface area contributed by atoms with Crippen LogP contribution in [0, 0.1) is 0 Å². The van der Waals surface area contributed by atoms with Gasteiger partial charge in [-0.2, -0.15) is 13.2 Å². The van der Waals surface area contributed by atoms with Crippen LogP contribution in [0.5, 0.6) is 0 Å². The van der Waals surface area contributed by atoms with Gasteiger partial charge in [0, 0.05) is 23.0 Å². The van der Waals surface area contributed by atoms with Gasteiger partial charge >= 0.3 is 6.18 Å². The molecule has 1 aliphatic heterocycles. The van der Waals surface area contributed by atoms with E-state index in [9.17, 15) is 13.2 Å². The number of benzene rings is 2. The zero-order chi connectivity index (χ0) is 21.5. The minimum atomic E-state index is -4.44. The predicted octanol–water partition coefficient (Wildman–Crippen LogP) is 7.25. The lowest BCUT2D eigenvalue weighted by Gasteiger charge is -2.11. The zero-order valence-corrected chi connectivity index (χ0v) is 17.3. The highest BCUT2D eigenvalue weighted by atomic mass is 35.5. The average molecular weight is 472 g/mol. The van der Waals surface area contributed by atoms with Crippen LogP contribution >= 0.6 is 34.8 Å². The van der Waals surface area contributed by atoms with Crippen molar-refractivity contribution in [3.05, 3.63) is 86.6 Å². The Bertz CT molecular complexity index is 1110. The van der Waals surface area contributed by atoms with Crippen LogP contribution in [0.15, 0.2) is 59.9 Å². The fraction of sp³-hybridized carbons (Fsp3) is 0.143. The van der Waals surface area contributed by atoms with Gasteiger partial charge in [-0.25, -0.2) is 4.99 Å². The van der Waals surface area contributed by atoms with E-state index in [-0.39, 0.29) is 11.1 Å². The Hall–Kier alpha value is -2.28. The quantitative estimate of drug-likeness (QED) is 0.403. The molecule has 30 heavy (non-hydrogen) atoms. The van der Waals surface area contributed by atoms with Crippen LogP contribution in [0.1, 0.15) is 22.7 Å². The molecular weight excluding hydrogens is 460 g/mol. The van der Waals surface area contributed by atoms with E-state index in [4.69, 9.17) is 39.5 Å². The average Bonchev–Trinajstić information content (AvgIpc) is 3.17. The van der Waals surface area contributed by atoms with Gasteiger partial charge in [-0.05, 0) is 23.3 Å². The van der Waals surface area contributed by atoms with E-state index in [1.54, 1.807) is 12.1 Å². The Morgan fingerprint density at radius 2 is 1.57 bits per heavy atom. The third kappa shape index (κ3) is 4.13. The first kappa shape index (κ1) is 21.0. The second kappa shape index (κ2) is 8.10. The topological polar surface area (TPSA) is 34.5 Å². The SMILES string of the molecule is FC(F)(F)c1ccc(-c2ccc(C3COC(c4c(Cl)cncc4Cl)=N3)cc2)c(Cl)c1. The molecule has 3 nitrogen and oxygen atoms in total. The van der Waals surface area contributed by atoms with E-state index < -0.39 is 11.7 Å². The number of rotatable bonds is 3. The van der Waals surface area contributed by atoms with E-state index in [1.807, 2.05) is 12.1 Å². The fourth-order valence-corrected chi connectivity index (χ4v) is 3.92. The van der Waals surface area contributed by atoms with E-state index in [0.717, 1.165) is 17.7 Å². The van der Waals surface area contributed by atoms with Crippen LogP contribution < -0.4 is 0 Å². The Morgan fingerprint density at radius 3 is 2.17 bits per heavy atom. The van der Waals surface area contributed by atoms with Crippen molar-refractivity contribution in [3.63, 3.8) is 0 Å². The van der Waals surface area contributed by atoms with Crippen molar-refractivity contribution in [2.24, 2.45) is 4.99 Å². The van der Waals surface area contributed by atoms with Gasteiger partial charge in [0.15, 0.2) is 0 Å². The molecule has 1 aromatic heterocycles. The highest BCUT2D eigenvalue weighted by molar-refractivity contribution is 6.39. The molecule has 9 heteroatoms. The van der Waals surface area contributed by atoms with Crippen molar-refractivity contribution in [1.82, 2.24) is 4.98 Å². The Balaban J connectivity index is 1.58. The fourth-order valence-electron chi connectivity index (χ4n) is 3.11. The molecule has 4 rings (SSSR count). The lowest BCUT2D eigenvalue weighted by atomic mass is 10.00. The molecule has 0 aliphatic carbocycles. The number of nitrogens with zero attached hydrogens (tertiary/aromatic N) is 2. The molecule has 3 aromatic rings. The van der Waals surface area contributed by atoms with Crippen LogP contribution in [0.2, 0.25) is 15.1 Å². The lowest BCUT2D eigenvalue weighted by molar-refractivity contribution is -0.137. The standard InChI is InChI=1S/C21H12Cl3F3N2O/c22-15-7-13(21(25,26)27)5-6-14(15)11-1-3-12(4-2-11)18-10-30-20(29-18)19-16(23)8-28-9-17(19)24/h1-9,18H,10H2. The molecule has 0 saturated heterocycles. The monoisotopic (exact) mass is 470 g/mol. The molecule has 1 aliphatic rings. The lowest BCUT2D eigenvalue weighted by Crippen LogP contribution is -2.04. The maximum absolute atomic E-state index is 12.8. The van der Waals surface area contributed by atoms with Gasteiger partial charge in [0.2, 0.25) is 5.90 Å². The van der Waals surface area contributed by atoms with E-state index in [1.165, 1.54) is 18.5 Å². The number of ether oxygens (including phenoxy) is 1. The summed E-state index contributed by atoms with van der Waals surface area (Å²) < 4.78 is 44.2. The summed E-state index contributed by atoms with van der Waals surface area (Å²) in [5.41, 5.74) is 1.78. The molecular formula is C21H12Cl3F3N2O. The first-order valence-electron chi connectivity index (χ1n) is 8.71. The molecule has 1 atom stereocenters. The molecule has 1 unspecified atom stereocenters. The number of aliphatic imine (C=N–C) groups is 1. The van der Waals surface area contributed by atoms with E-state index >= 15 is 0 Å². The van der Waals surface area contributed by atoms with Gasteiger partial charge in [0.25, 0.3) is 0 Å².